The van der Waals surface area contributed by atoms with Gasteiger partial charge in [0.1, 0.15) is 12.4 Å². The minimum absolute atomic E-state index is 0.374. The maximum absolute atomic E-state index is 5.54. The lowest BCUT2D eigenvalue weighted by molar-refractivity contribution is 0.0806. The van der Waals surface area contributed by atoms with E-state index in [9.17, 15) is 0 Å². The SMILES string of the molecule is COCCCOCCOc1ccc(C#CCN)cc1. The first-order valence-electron chi connectivity index (χ1n) is 6.35. The van der Waals surface area contributed by atoms with Crippen LogP contribution in [-0.2, 0) is 9.47 Å². The van der Waals surface area contributed by atoms with Crippen molar-refractivity contribution in [2.45, 2.75) is 6.42 Å². The first kappa shape index (κ1) is 15.5. The van der Waals surface area contributed by atoms with Crippen LogP contribution < -0.4 is 10.5 Å². The summed E-state index contributed by atoms with van der Waals surface area (Å²) in [6, 6.07) is 7.62. The van der Waals surface area contributed by atoms with E-state index in [1.54, 1.807) is 7.11 Å². The monoisotopic (exact) mass is 263 g/mol. The summed E-state index contributed by atoms with van der Waals surface area (Å²) < 4.78 is 15.9. The molecular formula is C15H21NO3. The third-order valence-corrected chi connectivity index (χ3v) is 2.32. The zero-order chi connectivity index (χ0) is 13.8. The molecule has 0 aliphatic rings. The van der Waals surface area contributed by atoms with E-state index in [4.69, 9.17) is 19.9 Å². The smallest absolute Gasteiger partial charge is 0.119 e. The molecule has 0 bridgehead atoms. The van der Waals surface area contributed by atoms with Gasteiger partial charge >= 0.3 is 0 Å². The van der Waals surface area contributed by atoms with Gasteiger partial charge in [0.05, 0.1) is 13.2 Å². The highest BCUT2D eigenvalue weighted by molar-refractivity contribution is 5.38. The summed E-state index contributed by atoms with van der Waals surface area (Å²) in [5, 5.41) is 0. The van der Waals surface area contributed by atoms with E-state index in [1.807, 2.05) is 24.3 Å². The predicted molar refractivity (Wildman–Crippen MR) is 75.2 cm³/mol. The Balaban J connectivity index is 2.16. The van der Waals surface area contributed by atoms with E-state index in [0.717, 1.165) is 24.3 Å². The van der Waals surface area contributed by atoms with Gasteiger partial charge < -0.3 is 19.9 Å². The Morgan fingerprint density at radius 2 is 1.84 bits per heavy atom. The Hall–Kier alpha value is -1.54. The summed E-state index contributed by atoms with van der Waals surface area (Å²) in [7, 11) is 1.69. The summed E-state index contributed by atoms with van der Waals surface area (Å²) >= 11 is 0. The second kappa shape index (κ2) is 10.4. The zero-order valence-electron chi connectivity index (χ0n) is 11.4. The van der Waals surface area contributed by atoms with E-state index < -0.39 is 0 Å². The Morgan fingerprint density at radius 3 is 2.53 bits per heavy atom. The van der Waals surface area contributed by atoms with Crippen molar-refractivity contribution in [2.24, 2.45) is 5.73 Å². The highest BCUT2D eigenvalue weighted by Gasteiger charge is 1.94. The van der Waals surface area contributed by atoms with E-state index in [2.05, 4.69) is 11.8 Å². The third-order valence-electron chi connectivity index (χ3n) is 2.32. The minimum Gasteiger partial charge on any atom is -0.491 e. The second-order valence-corrected chi connectivity index (χ2v) is 3.84. The Kier molecular flexibility index (Phi) is 8.48. The molecule has 0 aromatic heterocycles. The lowest BCUT2D eigenvalue weighted by Crippen LogP contribution is -2.08. The summed E-state index contributed by atoms with van der Waals surface area (Å²) in [6.45, 7) is 2.93. The fraction of sp³-hybridized carbons (Fsp3) is 0.467. The molecule has 1 aromatic carbocycles. The van der Waals surface area contributed by atoms with Gasteiger partial charge in [-0.1, -0.05) is 11.8 Å². The molecule has 0 spiro atoms. The van der Waals surface area contributed by atoms with Crippen LogP contribution in [-0.4, -0.2) is 40.1 Å². The van der Waals surface area contributed by atoms with E-state index in [-0.39, 0.29) is 0 Å². The molecule has 2 N–H and O–H groups in total. The van der Waals surface area contributed by atoms with E-state index in [1.165, 1.54) is 0 Å². The number of ether oxygens (including phenoxy) is 3. The van der Waals surface area contributed by atoms with Crippen LogP contribution in [0.15, 0.2) is 24.3 Å². The van der Waals surface area contributed by atoms with Crippen LogP contribution >= 0.6 is 0 Å². The lowest BCUT2D eigenvalue weighted by Gasteiger charge is -2.07. The number of rotatable bonds is 8. The van der Waals surface area contributed by atoms with Crippen LogP contribution in [0.3, 0.4) is 0 Å². The van der Waals surface area contributed by atoms with Crippen LogP contribution in [0.5, 0.6) is 5.75 Å². The highest BCUT2D eigenvalue weighted by atomic mass is 16.5. The molecule has 0 saturated heterocycles. The third kappa shape index (κ3) is 7.47. The quantitative estimate of drug-likeness (QED) is 0.569. The van der Waals surface area contributed by atoms with E-state index >= 15 is 0 Å². The Labute approximate surface area is 114 Å². The minimum atomic E-state index is 0.374. The fourth-order valence-corrected chi connectivity index (χ4v) is 1.41. The van der Waals surface area contributed by atoms with Gasteiger partial charge in [0, 0.05) is 25.9 Å². The van der Waals surface area contributed by atoms with Crippen LogP contribution in [0.1, 0.15) is 12.0 Å². The molecule has 0 saturated carbocycles. The second-order valence-electron chi connectivity index (χ2n) is 3.84. The van der Waals surface area contributed by atoms with Crippen molar-refractivity contribution >= 4 is 0 Å². The van der Waals surface area contributed by atoms with Gasteiger partial charge in [-0.25, -0.2) is 0 Å². The molecule has 0 aliphatic carbocycles. The first-order chi connectivity index (χ1) is 9.36. The van der Waals surface area contributed by atoms with Gasteiger partial charge in [-0.3, -0.25) is 0 Å². The van der Waals surface area contributed by atoms with Gasteiger partial charge in [0.2, 0.25) is 0 Å². The lowest BCUT2D eigenvalue weighted by atomic mass is 10.2. The van der Waals surface area contributed by atoms with Crippen molar-refractivity contribution in [1.29, 1.82) is 0 Å². The molecule has 1 rings (SSSR count). The molecule has 0 amide bonds. The molecule has 1 aromatic rings. The number of methoxy groups -OCH3 is 1. The van der Waals surface area contributed by atoms with E-state index in [0.29, 0.717) is 26.4 Å². The summed E-state index contributed by atoms with van der Waals surface area (Å²) in [4.78, 5) is 0. The molecular weight excluding hydrogens is 242 g/mol. The molecule has 4 heteroatoms. The Morgan fingerprint density at radius 1 is 1.05 bits per heavy atom. The largest absolute Gasteiger partial charge is 0.491 e. The van der Waals surface area contributed by atoms with Crippen LogP contribution in [0.2, 0.25) is 0 Å². The maximum Gasteiger partial charge on any atom is 0.119 e. The van der Waals surface area contributed by atoms with Crippen molar-refractivity contribution in [3.05, 3.63) is 29.8 Å². The van der Waals surface area contributed by atoms with Crippen LogP contribution in [0.25, 0.3) is 0 Å². The molecule has 0 aliphatic heterocycles. The molecule has 0 unspecified atom stereocenters. The van der Waals surface area contributed by atoms with Crippen molar-refractivity contribution in [3.8, 4) is 17.6 Å². The Bertz CT molecular complexity index is 392. The van der Waals surface area contributed by atoms with Crippen LogP contribution in [0, 0.1) is 11.8 Å². The molecule has 104 valence electrons. The standard InChI is InChI=1S/C15H21NO3/c1-17-10-3-11-18-12-13-19-15-7-5-14(6-8-15)4-2-9-16/h5-8H,3,9-13,16H2,1H3. The molecule has 0 fully saturated rings. The average molecular weight is 263 g/mol. The van der Waals surface area contributed by atoms with Crippen molar-refractivity contribution < 1.29 is 14.2 Å². The molecule has 0 heterocycles. The zero-order valence-corrected chi connectivity index (χ0v) is 11.4. The number of benzene rings is 1. The normalized spacial score (nSPS) is 9.79. The van der Waals surface area contributed by atoms with Crippen molar-refractivity contribution in [3.63, 3.8) is 0 Å². The topological polar surface area (TPSA) is 53.7 Å². The maximum atomic E-state index is 5.54. The fourth-order valence-electron chi connectivity index (χ4n) is 1.41. The molecule has 0 radical (unpaired) electrons. The van der Waals surface area contributed by atoms with Crippen LogP contribution in [0.4, 0.5) is 0 Å². The van der Waals surface area contributed by atoms with Crippen molar-refractivity contribution in [2.75, 3.05) is 40.1 Å². The average Bonchev–Trinajstić information content (AvgIpc) is 2.45. The molecule has 4 nitrogen and oxygen atoms in total. The van der Waals surface area contributed by atoms with Gasteiger partial charge in [0.15, 0.2) is 0 Å². The summed E-state index contributed by atoms with van der Waals surface area (Å²) in [5.74, 6) is 6.59. The number of hydrogen-bond donors (Lipinski definition) is 1. The molecule has 19 heavy (non-hydrogen) atoms. The van der Waals surface area contributed by atoms with Gasteiger partial charge in [-0.15, -0.1) is 0 Å². The van der Waals surface area contributed by atoms with Gasteiger partial charge in [0.25, 0.3) is 0 Å². The number of nitrogens with two attached hydrogens (primary N) is 1. The number of hydrogen-bond acceptors (Lipinski definition) is 4. The highest BCUT2D eigenvalue weighted by Crippen LogP contribution is 2.11. The summed E-state index contributed by atoms with van der Waals surface area (Å²) in [5.41, 5.74) is 6.25. The van der Waals surface area contributed by atoms with Gasteiger partial charge in [-0.05, 0) is 30.7 Å². The predicted octanol–water partition coefficient (Wildman–Crippen LogP) is 1.43. The van der Waals surface area contributed by atoms with Gasteiger partial charge in [-0.2, -0.15) is 0 Å². The molecule has 0 atom stereocenters. The first-order valence-corrected chi connectivity index (χ1v) is 6.35. The summed E-state index contributed by atoms with van der Waals surface area (Å²) in [6.07, 6.45) is 0.908. The van der Waals surface area contributed by atoms with Crippen molar-refractivity contribution in [1.82, 2.24) is 0 Å².